The van der Waals surface area contributed by atoms with E-state index in [1.54, 1.807) is 56.5 Å². The van der Waals surface area contributed by atoms with Crippen LogP contribution < -0.4 is 19.6 Å². The Morgan fingerprint density at radius 2 is 1.97 bits per heavy atom. The third-order valence-corrected chi connectivity index (χ3v) is 6.18. The molecule has 0 N–H and O–H groups in total. The van der Waals surface area contributed by atoms with Crippen LogP contribution in [0.15, 0.2) is 82.2 Å². The number of aromatic nitrogens is 1. The smallest absolute Gasteiger partial charge is 0.338 e. The Labute approximate surface area is 193 Å². The number of benzene rings is 2. The SMILES string of the molecule is C=CCOC(=O)C1=C(C)N=c2s/c(=C\c3ccccc3F)c(=O)n2C1c1ccc(OC)cc1. The molecule has 0 saturated carbocycles. The van der Waals surface area contributed by atoms with Crippen molar-refractivity contribution in [2.45, 2.75) is 13.0 Å². The van der Waals surface area contributed by atoms with Crippen molar-refractivity contribution >= 4 is 23.4 Å². The summed E-state index contributed by atoms with van der Waals surface area (Å²) in [6.45, 7) is 5.31. The lowest BCUT2D eigenvalue weighted by molar-refractivity contribution is -0.138. The highest BCUT2D eigenvalue weighted by Gasteiger charge is 2.33. The van der Waals surface area contributed by atoms with Crippen LogP contribution in [-0.4, -0.2) is 24.3 Å². The summed E-state index contributed by atoms with van der Waals surface area (Å²) in [7, 11) is 1.56. The third kappa shape index (κ3) is 4.29. The van der Waals surface area contributed by atoms with Crippen molar-refractivity contribution in [1.29, 1.82) is 0 Å². The zero-order chi connectivity index (χ0) is 23.5. The van der Waals surface area contributed by atoms with E-state index >= 15 is 0 Å². The zero-order valence-corrected chi connectivity index (χ0v) is 18.9. The summed E-state index contributed by atoms with van der Waals surface area (Å²) in [5.74, 6) is -0.373. The molecule has 3 aromatic rings. The summed E-state index contributed by atoms with van der Waals surface area (Å²) in [6.07, 6.45) is 2.97. The summed E-state index contributed by atoms with van der Waals surface area (Å²) in [5, 5.41) is 0. The van der Waals surface area contributed by atoms with Gasteiger partial charge in [-0.1, -0.05) is 54.3 Å². The molecule has 1 atom stereocenters. The number of rotatable bonds is 6. The van der Waals surface area contributed by atoms with Crippen LogP contribution in [0.25, 0.3) is 6.08 Å². The number of halogens is 1. The van der Waals surface area contributed by atoms with Crippen LogP contribution in [0.3, 0.4) is 0 Å². The van der Waals surface area contributed by atoms with Gasteiger partial charge in [0.15, 0.2) is 4.80 Å². The van der Waals surface area contributed by atoms with Crippen LogP contribution in [0.1, 0.15) is 24.1 Å². The molecule has 0 radical (unpaired) electrons. The Balaban J connectivity index is 1.94. The number of nitrogens with zero attached hydrogens (tertiary/aromatic N) is 2. The second-order valence-corrected chi connectivity index (χ2v) is 8.27. The fourth-order valence-electron chi connectivity index (χ4n) is 3.63. The predicted molar refractivity (Wildman–Crippen MR) is 124 cm³/mol. The number of carbonyl (C=O) groups is 1. The van der Waals surface area contributed by atoms with E-state index in [2.05, 4.69) is 11.6 Å². The largest absolute Gasteiger partial charge is 0.497 e. The second kappa shape index (κ2) is 9.38. The van der Waals surface area contributed by atoms with Gasteiger partial charge in [-0.15, -0.1) is 0 Å². The molecular weight excluding hydrogens is 443 g/mol. The summed E-state index contributed by atoms with van der Waals surface area (Å²) in [4.78, 5) is 31.4. The van der Waals surface area contributed by atoms with E-state index in [1.807, 2.05) is 0 Å². The molecule has 2 aromatic carbocycles. The van der Waals surface area contributed by atoms with Crippen LogP contribution in [0.2, 0.25) is 0 Å². The van der Waals surface area contributed by atoms with Gasteiger partial charge in [0.05, 0.1) is 29.0 Å². The fourth-order valence-corrected chi connectivity index (χ4v) is 4.67. The summed E-state index contributed by atoms with van der Waals surface area (Å²) in [5.41, 5.74) is 1.32. The van der Waals surface area contributed by atoms with E-state index in [9.17, 15) is 14.0 Å². The zero-order valence-electron chi connectivity index (χ0n) is 18.1. The molecular formula is C25H21FN2O4S. The molecule has 0 saturated heterocycles. The number of hydrogen-bond acceptors (Lipinski definition) is 6. The van der Waals surface area contributed by atoms with Gasteiger partial charge in [0, 0.05) is 5.56 Å². The van der Waals surface area contributed by atoms with E-state index in [4.69, 9.17) is 9.47 Å². The highest BCUT2D eigenvalue weighted by molar-refractivity contribution is 7.07. The Bertz CT molecular complexity index is 1430. The molecule has 2 heterocycles. The van der Waals surface area contributed by atoms with Gasteiger partial charge in [0.1, 0.15) is 18.2 Å². The van der Waals surface area contributed by atoms with Gasteiger partial charge in [0.2, 0.25) is 0 Å². The molecule has 1 unspecified atom stereocenters. The van der Waals surface area contributed by atoms with Gasteiger partial charge in [-0.3, -0.25) is 9.36 Å². The molecule has 168 valence electrons. The van der Waals surface area contributed by atoms with Crippen molar-refractivity contribution in [2.75, 3.05) is 13.7 Å². The average Bonchev–Trinajstić information content (AvgIpc) is 3.12. The molecule has 0 aliphatic carbocycles. The lowest BCUT2D eigenvalue weighted by atomic mass is 9.96. The minimum Gasteiger partial charge on any atom is -0.497 e. The van der Waals surface area contributed by atoms with Crippen molar-refractivity contribution < 1.29 is 18.7 Å². The topological polar surface area (TPSA) is 69.9 Å². The molecule has 0 spiro atoms. The van der Waals surface area contributed by atoms with Crippen molar-refractivity contribution in [2.24, 2.45) is 4.99 Å². The van der Waals surface area contributed by atoms with Crippen molar-refractivity contribution in [1.82, 2.24) is 4.57 Å². The van der Waals surface area contributed by atoms with Crippen molar-refractivity contribution in [3.05, 3.63) is 109 Å². The maximum absolute atomic E-state index is 14.2. The summed E-state index contributed by atoms with van der Waals surface area (Å²) < 4.78 is 26.5. The minimum atomic E-state index is -0.757. The molecule has 33 heavy (non-hydrogen) atoms. The van der Waals surface area contributed by atoms with Gasteiger partial charge in [0.25, 0.3) is 5.56 Å². The first kappa shape index (κ1) is 22.4. The average molecular weight is 465 g/mol. The summed E-state index contributed by atoms with van der Waals surface area (Å²) >= 11 is 1.14. The van der Waals surface area contributed by atoms with E-state index in [1.165, 1.54) is 22.8 Å². The van der Waals surface area contributed by atoms with E-state index in [0.29, 0.717) is 31.9 Å². The van der Waals surface area contributed by atoms with E-state index in [0.717, 1.165) is 11.3 Å². The monoisotopic (exact) mass is 464 g/mol. The van der Waals surface area contributed by atoms with Crippen LogP contribution >= 0.6 is 11.3 Å². The number of hydrogen-bond donors (Lipinski definition) is 0. The maximum atomic E-state index is 14.2. The highest BCUT2D eigenvalue weighted by atomic mass is 32.1. The first-order chi connectivity index (χ1) is 15.9. The number of esters is 1. The molecule has 0 bridgehead atoms. The first-order valence-corrected chi connectivity index (χ1v) is 10.9. The summed E-state index contributed by atoms with van der Waals surface area (Å²) in [6, 6.07) is 12.5. The predicted octanol–water partition coefficient (Wildman–Crippen LogP) is 3.11. The van der Waals surface area contributed by atoms with Crippen LogP contribution in [0.4, 0.5) is 4.39 Å². The molecule has 1 aromatic heterocycles. The van der Waals surface area contributed by atoms with Crippen LogP contribution in [0.5, 0.6) is 5.75 Å². The number of fused-ring (bicyclic) bond motifs is 1. The molecule has 4 rings (SSSR count). The molecule has 6 nitrogen and oxygen atoms in total. The minimum absolute atomic E-state index is 0.0304. The first-order valence-electron chi connectivity index (χ1n) is 10.1. The van der Waals surface area contributed by atoms with Gasteiger partial charge < -0.3 is 9.47 Å². The highest BCUT2D eigenvalue weighted by Crippen LogP contribution is 2.31. The van der Waals surface area contributed by atoms with E-state index in [-0.39, 0.29) is 17.7 Å². The Morgan fingerprint density at radius 1 is 1.24 bits per heavy atom. The van der Waals surface area contributed by atoms with Gasteiger partial charge in [-0.05, 0) is 36.8 Å². The number of carbonyl (C=O) groups excluding carboxylic acids is 1. The number of methoxy groups -OCH3 is 1. The van der Waals surface area contributed by atoms with Gasteiger partial charge >= 0.3 is 5.97 Å². The van der Waals surface area contributed by atoms with Crippen molar-refractivity contribution in [3.63, 3.8) is 0 Å². The molecule has 1 aliphatic rings. The Hall–Kier alpha value is -3.78. The quantitative estimate of drug-likeness (QED) is 0.415. The van der Waals surface area contributed by atoms with Gasteiger partial charge in [-0.25, -0.2) is 14.2 Å². The Morgan fingerprint density at radius 3 is 2.64 bits per heavy atom. The van der Waals surface area contributed by atoms with Crippen molar-refractivity contribution in [3.8, 4) is 5.75 Å². The molecule has 1 aliphatic heterocycles. The standard InChI is InChI=1S/C25H21FN2O4S/c1-4-13-32-24(30)21-15(2)27-25-28(22(21)16-9-11-18(31-3)12-10-16)23(29)20(33-25)14-17-7-5-6-8-19(17)26/h4-12,14,22H,1,13H2,2-3H3/b20-14-. The maximum Gasteiger partial charge on any atom is 0.338 e. The van der Waals surface area contributed by atoms with Gasteiger partial charge in [-0.2, -0.15) is 0 Å². The third-order valence-electron chi connectivity index (χ3n) is 5.20. The molecule has 0 fully saturated rings. The lowest BCUT2D eigenvalue weighted by Gasteiger charge is -2.24. The Kier molecular flexibility index (Phi) is 6.37. The van der Waals surface area contributed by atoms with Crippen LogP contribution in [-0.2, 0) is 9.53 Å². The lowest BCUT2D eigenvalue weighted by Crippen LogP contribution is -2.39. The molecule has 8 heteroatoms. The number of ether oxygens (including phenoxy) is 2. The second-order valence-electron chi connectivity index (χ2n) is 7.26. The van der Waals surface area contributed by atoms with Crippen LogP contribution in [0, 0.1) is 5.82 Å². The molecule has 0 amide bonds. The number of thiazole rings is 1. The fraction of sp³-hybridized carbons (Fsp3) is 0.160. The normalized spacial score (nSPS) is 15.6. The van der Waals surface area contributed by atoms with E-state index < -0.39 is 17.8 Å². The number of allylic oxidation sites excluding steroid dienone is 1.